The Bertz CT molecular complexity index is 715. The first-order valence-corrected chi connectivity index (χ1v) is 9.59. The second-order valence-electron chi connectivity index (χ2n) is 6.89. The van der Waals surface area contributed by atoms with E-state index in [2.05, 4.69) is 45.0 Å². The minimum absolute atomic E-state index is 0. The number of aliphatic hydroxyl groups excluding tert-OH is 1. The molecule has 1 aliphatic carbocycles. The molecule has 1 fully saturated rings. The molecule has 2 aromatic rings. The molecule has 1 aliphatic rings. The number of nitrogens with zero attached hydrogens (tertiary/aromatic N) is 1. The summed E-state index contributed by atoms with van der Waals surface area (Å²) in [6.07, 6.45) is 4.94. The van der Waals surface area contributed by atoms with Crippen molar-refractivity contribution in [2.24, 2.45) is 10.9 Å². The summed E-state index contributed by atoms with van der Waals surface area (Å²) in [5, 5.41) is 17.8. The molecule has 150 valence electrons. The van der Waals surface area contributed by atoms with Gasteiger partial charge in [-0.05, 0) is 43.7 Å². The van der Waals surface area contributed by atoms with Gasteiger partial charge in [0, 0.05) is 36.8 Å². The van der Waals surface area contributed by atoms with E-state index in [0.29, 0.717) is 19.1 Å². The van der Waals surface area contributed by atoms with Crippen LogP contribution in [0.1, 0.15) is 25.3 Å². The van der Waals surface area contributed by atoms with Gasteiger partial charge < -0.3 is 25.5 Å². The zero-order valence-electron chi connectivity index (χ0n) is 15.9. The zero-order valence-corrected chi connectivity index (χ0v) is 18.2. The van der Waals surface area contributed by atoms with Gasteiger partial charge in [0.25, 0.3) is 0 Å². The second-order valence-corrected chi connectivity index (χ2v) is 6.89. The van der Waals surface area contributed by atoms with Gasteiger partial charge >= 0.3 is 0 Å². The first kappa shape index (κ1) is 22.0. The number of aliphatic hydroxyl groups is 1. The molecule has 0 spiro atoms. The molecule has 3 rings (SSSR count). The van der Waals surface area contributed by atoms with Crippen molar-refractivity contribution in [1.82, 2.24) is 15.6 Å². The number of aromatic nitrogens is 1. The van der Waals surface area contributed by atoms with Crippen molar-refractivity contribution >= 4 is 40.8 Å². The standard InChI is InChI=1S/C20H30N4O2.HI/c1-2-21-20(24-12-17(25)14-26-13-15-7-8-15)22-10-9-16-11-23-19-6-4-3-5-18(16)19;/h3-6,11,15,17,23,25H,2,7-10,12-14H2,1H3,(H2,21,22,24);1H. The lowest BCUT2D eigenvalue weighted by molar-refractivity contribution is 0.0368. The first-order chi connectivity index (χ1) is 12.8. The quantitative estimate of drug-likeness (QED) is 0.237. The molecule has 1 atom stereocenters. The van der Waals surface area contributed by atoms with Gasteiger partial charge in [-0.25, -0.2) is 0 Å². The third-order valence-corrected chi connectivity index (χ3v) is 4.53. The van der Waals surface area contributed by atoms with Crippen molar-refractivity contribution in [3.63, 3.8) is 0 Å². The lowest BCUT2D eigenvalue weighted by Gasteiger charge is -2.13. The number of hydrogen-bond acceptors (Lipinski definition) is 3. The highest BCUT2D eigenvalue weighted by Crippen LogP contribution is 2.28. The van der Waals surface area contributed by atoms with Crippen LogP contribution in [-0.4, -0.2) is 55.0 Å². The molecule has 1 saturated carbocycles. The maximum absolute atomic E-state index is 10.0. The van der Waals surface area contributed by atoms with Gasteiger partial charge in [0.1, 0.15) is 0 Å². The fourth-order valence-electron chi connectivity index (χ4n) is 2.90. The van der Waals surface area contributed by atoms with Crippen LogP contribution >= 0.6 is 24.0 Å². The number of guanidine groups is 1. The fourth-order valence-corrected chi connectivity index (χ4v) is 2.90. The van der Waals surface area contributed by atoms with Gasteiger partial charge in [0.15, 0.2) is 5.96 Å². The third-order valence-electron chi connectivity index (χ3n) is 4.53. The molecule has 1 unspecified atom stereocenters. The largest absolute Gasteiger partial charge is 0.389 e. The molecule has 0 radical (unpaired) electrons. The van der Waals surface area contributed by atoms with Crippen molar-refractivity contribution < 1.29 is 9.84 Å². The number of benzene rings is 1. The third kappa shape index (κ3) is 7.31. The smallest absolute Gasteiger partial charge is 0.191 e. The number of aromatic amines is 1. The molecule has 6 nitrogen and oxygen atoms in total. The van der Waals surface area contributed by atoms with Crippen LogP contribution in [0.5, 0.6) is 0 Å². The Morgan fingerprint density at radius 1 is 1.33 bits per heavy atom. The van der Waals surface area contributed by atoms with Crippen LogP contribution in [0.25, 0.3) is 10.9 Å². The van der Waals surface area contributed by atoms with E-state index >= 15 is 0 Å². The molecular weight excluding hydrogens is 455 g/mol. The number of rotatable bonds is 10. The van der Waals surface area contributed by atoms with Gasteiger partial charge in [0.05, 0.1) is 19.3 Å². The van der Waals surface area contributed by atoms with Crippen molar-refractivity contribution in [3.8, 4) is 0 Å². The van der Waals surface area contributed by atoms with E-state index < -0.39 is 6.10 Å². The summed E-state index contributed by atoms with van der Waals surface area (Å²) in [6, 6.07) is 8.32. The number of fused-ring (bicyclic) bond motifs is 1. The summed E-state index contributed by atoms with van der Waals surface area (Å²) in [6.45, 7) is 5.06. The number of H-pyrrole nitrogens is 1. The molecule has 0 aliphatic heterocycles. The molecule has 27 heavy (non-hydrogen) atoms. The topological polar surface area (TPSA) is 81.7 Å². The van der Waals surface area contributed by atoms with Gasteiger partial charge in [-0.1, -0.05) is 18.2 Å². The molecular formula is C20H31IN4O2. The van der Waals surface area contributed by atoms with Gasteiger partial charge in [0.2, 0.25) is 0 Å². The normalized spacial score (nSPS) is 15.4. The van der Waals surface area contributed by atoms with E-state index in [-0.39, 0.29) is 24.0 Å². The summed E-state index contributed by atoms with van der Waals surface area (Å²) in [4.78, 5) is 7.77. The molecule has 1 aromatic heterocycles. The molecule has 1 aromatic carbocycles. The van der Waals surface area contributed by atoms with Crippen molar-refractivity contribution in [1.29, 1.82) is 0 Å². The Morgan fingerprint density at radius 3 is 2.93 bits per heavy atom. The number of para-hydroxylation sites is 1. The lowest BCUT2D eigenvalue weighted by atomic mass is 10.1. The Morgan fingerprint density at radius 2 is 2.15 bits per heavy atom. The van der Waals surface area contributed by atoms with Gasteiger partial charge in [-0.2, -0.15) is 0 Å². The average Bonchev–Trinajstić information content (AvgIpc) is 3.38. The summed E-state index contributed by atoms with van der Waals surface area (Å²) >= 11 is 0. The second kappa shape index (κ2) is 11.5. The molecule has 4 N–H and O–H groups in total. The first-order valence-electron chi connectivity index (χ1n) is 9.59. The Labute approximate surface area is 178 Å². The van der Waals surface area contributed by atoms with Crippen molar-refractivity contribution in [2.45, 2.75) is 32.3 Å². The zero-order chi connectivity index (χ0) is 18.2. The van der Waals surface area contributed by atoms with E-state index in [0.717, 1.165) is 37.6 Å². The molecule has 7 heteroatoms. The SMILES string of the molecule is CCNC(=NCC(O)COCC1CC1)NCCc1c[nH]c2ccccc12.I. The van der Waals surface area contributed by atoms with E-state index in [4.69, 9.17) is 4.74 Å². The summed E-state index contributed by atoms with van der Waals surface area (Å²) in [5.41, 5.74) is 2.45. The van der Waals surface area contributed by atoms with Crippen LogP contribution in [0.3, 0.4) is 0 Å². The maximum atomic E-state index is 10.0. The summed E-state index contributed by atoms with van der Waals surface area (Å²) in [7, 11) is 0. The number of ether oxygens (including phenoxy) is 1. The predicted molar refractivity (Wildman–Crippen MR) is 121 cm³/mol. The van der Waals surface area contributed by atoms with Crippen molar-refractivity contribution in [2.75, 3.05) is 32.8 Å². The number of nitrogens with one attached hydrogen (secondary N) is 3. The molecule has 0 saturated heterocycles. The van der Waals surface area contributed by atoms with Crippen LogP contribution in [0, 0.1) is 5.92 Å². The van der Waals surface area contributed by atoms with Crippen LogP contribution in [0.2, 0.25) is 0 Å². The number of hydrogen-bond donors (Lipinski definition) is 4. The fraction of sp³-hybridized carbons (Fsp3) is 0.550. The highest BCUT2D eigenvalue weighted by Gasteiger charge is 2.21. The lowest BCUT2D eigenvalue weighted by Crippen LogP contribution is -2.39. The molecule has 0 amide bonds. The average molecular weight is 486 g/mol. The van der Waals surface area contributed by atoms with Gasteiger partial charge in [-0.15, -0.1) is 24.0 Å². The van der Waals surface area contributed by atoms with E-state index in [1.54, 1.807) is 0 Å². The number of halogens is 1. The minimum Gasteiger partial charge on any atom is -0.389 e. The van der Waals surface area contributed by atoms with Crippen LogP contribution in [0.4, 0.5) is 0 Å². The number of aliphatic imine (C=N–C) groups is 1. The summed E-state index contributed by atoms with van der Waals surface area (Å²) < 4.78 is 5.52. The van der Waals surface area contributed by atoms with E-state index in [9.17, 15) is 5.11 Å². The summed E-state index contributed by atoms with van der Waals surface area (Å²) in [5.74, 6) is 1.45. The predicted octanol–water partition coefficient (Wildman–Crippen LogP) is 2.67. The van der Waals surface area contributed by atoms with Crippen LogP contribution < -0.4 is 10.6 Å². The van der Waals surface area contributed by atoms with E-state index in [1.807, 2.05) is 13.0 Å². The Balaban J connectivity index is 0.00000261. The van der Waals surface area contributed by atoms with Crippen molar-refractivity contribution in [3.05, 3.63) is 36.0 Å². The highest BCUT2D eigenvalue weighted by molar-refractivity contribution is 14.0. The molecule has 1 heterocycles. The van der Waals surface area contributed by atoms with E-state index in [1.165, 1.54) is 23.8 Å². The minimum atomic E-state index is -0.558. The van der Waals surface area contributed by atoms with Crippen LogP contribution in [-0.2, 0) is 11.2 Å². The Kier molecular flexibility index (Phi) is 9.36. The van der Waals surface area contributed by atoms with Crippen LogP contribution in [0.15, 0.2) is 35.5 Å². The highest BCUT2D eigenvalue weighted by atomic mass is 127. The Hall–Kier alpha value is -1.32. The maximum Gasteiger partial charge on any atom is 0.191 e. The monoisotopic (exact) mass is 486 g/mol. The molecule has 0 bridgehead atoms. The van der Waals surface area contributed by atoms with Gasteiger partial charge in [-0.3, -0.25) is 4.99 Å².